The summed E-state index contributed by atoms with van der Waals surface area (Å²) in [6.45, 7) is 2.70. The lowest BCUT2D eigenvalue weighted by Gasteiger charge is -1.99. The lowest BCUT2D eigenvalue weighted by molar-refractivity contribution is 0.936. The largest absolute Gasteiger partial charge is 0.341 e. The molecule has 0 aliphatic rings. The number of nitrogens with one attached hydrogen (secondary N) is 1. The van der Waals surface area contributed by atoms with Crippen LogP contribution in [0.2, 0.25) is 5.15 Å². The fraction of sp³-hybridized carbons (Fsp3) is 0.308. The van der Waals surface area contributed by atoms with Gasteiger partial charge >= 0.3 is 0 Å². The Labute approximate surface area is 106 Å². The predicted molar refractivity (Wildman–Crippen MR) is 71.2 cm³/mol. The van der Waals surface area contributed by atoms with Gasteiger partial charge in [-0.15, -0.1) is 0 Å². The Balaban J connectivity index is 2.29. The van der Waals surface area contributed by atoms with Crippen LogP contribution in [0.4, 0.5) is 0 Å². The number of halogens is 1. The smallest absolute Gasteiger partial charge is 0.150 e. The normalized spacial score (nSPS) is 10.8. The summed E-state index contributed by atoms with van der Waals surface area (Å²) in [7, 11) is 0. The molecular weight excluding hydrogens is 234 g/mol. The molecule has 0 unspecified atom stereocenters. The molecule has 17 heavy (non-hydrogen) atoms. The molecule has 0 fully saturated rings. The van der Waals surface area contributed by atoms with Gasteiger partial charge in [0.25, 0.3) is 0 Å². The maximum absolute atomic E-state index is 6.03. The van der Waals surface area contributed by atoms with E-state index in [1.54, 1.807) is 0 Å². The van der Waals surface area contributed by atoms with Crippen molar-refractivity contribution >= 4 is 11.6 Å². The number of aromatic nitrogens is 2. The Hall–Kier alpha value is -1.32. The Bertz CT molecular complexity index is 488. The second-order valence-electron chi connectivity index (χ2n) is 3.94. The summed E-state index contributed by atoms with van der Waals surface area (Å²) in [4.78, 5) is 7.52. The van der Waals surface area contributed by atoms with Gasteiger partial charge in [-0.25, -0.2) is 4.98 Å². The minimum absolute atomic E-state index is 0.519. The van der Waals surface area contributed by atoms with Crippen molar-refractivity contribution in [2.45, 2.75) is 19.8 Å². The molecule has 1 aromatic carbocycles. The molecule has 0 radical (unpaired) electrons. The topological polar surface area (TPSA) is 54.7 Å². The van der Waals surface area contributed by atoms with E-state index in [0.29, 0.717) is 11.7 Å². The first-order chi connectivity index (χ1) is 8.24. The number of aryl methyl sites for hydroxylation is 1. The minimum atomic E-state index is 0.519. The maximum atomic E-state index is 6.03. The Morgan fingerprint density at radius 1 is 1.29 bits per heavy atom. The van der Waals surface area contributed by atoms with Crippen molar-refractivity contribution in [1.29, 1.82) is 0 Å². The number of nitrogens with two attached hydrogens (primary N) is 1. The molecule has 0 saturated carbocycles. The van der Waals surface area contributed by atoms with Crippen LogP contribution in [0.3, 0.4) is 0 Å². The number of H-pyrrole nitrogens is 1. The van der Waals surface area contributed by atoms with Gasteiger partial charge in [0, 0.05) is 12.0 Å². The van der Waals surface area contributed by atoms with Crippen molar-refractivity contribution in [3.63, 3.8) is 0 Å². The van der Waals surface area contributed by atoms with Crippen LogP contribution in [-0.4, -0.2) is 16.5 Å². The molecule has 0 amide bonds. The Morgan fingerprint density at radius 2 is 2.00 bits per heavy atom. The van der Waals surface area contributed by atoms with E-state index in [-0.39, 0.29) is 0 Å². The van der Waals surface area contributed by atoms with Gasteiger partial charge < -0.3 is 10.7 Å². The van der Waals surface area contributed by atoms with Crippen molar-refractivity contribution in [1.82, 2.24) is 9.97 Å². The SMILES string of the molecule is CCc1ccc(-c2nc(Cl)c(CCN)[nH]2)cc1. The Kier molecular flexibility index (Phi) is 3.82. The highest BCUT2D eigenvalue weighted by atomic mass is 35.5. The van der Waals surface area contributed by atoms with Gasteiger partial charge in [0.15, 0.2) is 5.15 Å². The second kappa shape index (κ2) is 5.34. The number of rotatable bonds is 4. The van der Waals surface area contributed by atoms with Crippen molar-refractivity contribution in [3.8, 4) is 11.4 Å². The summed E-state index contributed by atoms with van der Waals surface area (Å²) in [5.74, 6) is 0.807. The van der Waals surface area contributed by atoms with Crippen LogP contribution in [0.25, 0.3) is 11.4 Å². The second-order valence-corrected chi connectivity index (χ2v) is 4.30. The lowest BCUT2D eigenvalue weighted by atomic mass is 10.1. The predicted octanol–water partition coefficient (Wildman–Crippen LogP) is 2.79. The van der Waals surface area contributed by atoms with E-state index in [1.165, 1.54) is 5.56 Å². The van der Waals surface area contributed by atoms with Crippen LogP contribution >= 0.6 is 11.6 Å². The third-order valence-electron chi connectivity index (χ3n) is 2.76. The summed E-state index contributed by atoms with van der Waals surface area (Å²) in [6.07, 6.45) is 1.76. The molecular formula is C13H16ClN3. The zero-order chi connectivity index (χ0) is 12.3. The first-order valence-electron chi connectivity index (χ1n) is 5.78. The van der Waals surface area contributed by atoms with Crippen molar-refractivity contribution in [3.05, 3.63) is 40.7 Å². The standard InChI is InChI=1S/C13H16ClN3/c1-2-9-3-5-10(6-4-9)13-16-11(7-8-15)12(14)17-13/h3-6H,2,7-8,15H2,1H3,(H,16,17). The van der Waals surface area contributed by atoms with E-state index in [0.717, 1.165) is 29.9 Å². The van der Waals surface area contributed by atoms with Gasteiger partial charge in [0.05, 0.1) is 5.69 Å². The van der Waals surface area contributed by atoms with Crippen molar-refractivity contribution < 1.29 is 0 Å². The minimum Gasteiger partial charge on any atom is -0.341 e. The molecule has 0 aliphatic heterocycles. The average molecular weight is 250 g/mol. The van der Waals surface area contributed by atoms with Crippen LogP contribution in [0, 0.1) is 0 Å². The molecule has 3 nitrogen and oxygen atoms in total. The first-order valence-corrected chi connectivity index (χ1v) is 6.16. The summed E-state index contributed by atoms with van der Waals surface area (Å²) in [5.41, 5.74) is 8.78. The summed E-state index contributed by atoms with van der Waals surface area (Å²) in [5, 5.41) is 0.519. The molecule has 0 saturated heterocycles. The van der Waals surface area contributed by atoms with Crippen LogP contribution in [0.5, 0.6) is 0 Å². The molecule has 1 aromatic heterocycles. The van der Waals surface area contributed by atoms with E-state index in [9.17, 15) is 0 Å². The van der Waals surface area contributed by atoms with Crippen molar-refractivity contribution in [2.24, 2.45) is 5.73 Å². The van der Waals surface area contributed by atoms with Crippen LogP contribution < -0.4 is 5.73 Å². The quantitative estimate of drug-likeness (QED) is 0.876. The molecule has 0 spiro atoms. The van der Waals surface area contributed by atoms with E-state index in [4.69, 9.17) is 17.3 Å². The van der Waals surface area contributed by atoms with Gasteiger partial charge in [-0.1, -0.05) is 42.8 Å². The zero-order valence-corrected chi connectivity index (χ0v) is 10.6. The summed E-state index contributed by atoms with van der Waals surface area (Å²) >= 11 is 6.03. The number of aromatic amines is 1. The number of nitrogens with zero attached hydrogens (tertiary/aromatic N) is 1. The lowest BCUT2D eigenvalue weighted by Crippen LogP contribution is -2.03. The maximum Gasteiger partial charge on any atom is 0.150 e. The number of hydrogen-bond acceptors (Lipinski definition) is 2. The monoisotopic (exact) mass is 249 g/mol. The van der Waals surface area contributed by atoms with E-state index >= 15 is 0 Å². The fourth-order valence-electron chi connectivity index (χ4n) is 1.73. The first kappa shape index (κ1) is 12.1. The summed E-state index contributed by atoms with van der Waals surface area (Å²) in [6, 6.07) is 8.32. The van der Waals surface area contributed by atoms with Gasteiger partial charge in [-0.05, 0) is 18.5 Å². The third kappa shape index (κ3) is 2.68. The molecule has 1 heterocycles. The van der Waals surface area contributed by atoms with E-state index < -0.39 is 0 Å². The van der Waals surface area contributed by atoms with Crippen molar-refractivity contribution in [2.75, 3.05) is 6.54 Å². The van der Waals surface area contributed by atoms with Gasteiger partial charge in [0.2, 0.25) is 0 Å². The fourth-order valence-corrected chi connectivity index (χ4v) is 1.96. The average Bonchev–Trinajstić information content (AvgIpc) is 2.72. The van der Waals surface area contributed by atoms with E-state index in [2.05, 4.69) is 41.2 Å². The molecule has 2 rings (SSSR count). The Morgan fingerprint density at radius 3 is 2.59 bits per heavy atom. The highest BCUT2D eigenvalue weighted by Crippen LogP contribution is 2.22. The highest BCUT2D eigenvalue weighted by molar-refractivity contribution is 6.30. The molecule has 3 N–H and O–H groups in total. The zero-order valence-electron chi connectivity index (χ0n) is 9.83. The molecule has 2 aromatic rings. The van der Waals surface area contributed by atoms with Gasteiger partial charge in [-0.3, -0.25) is 0 Å². The molecule has 0 atom stereocenters. The number of benzene rings is 1. The molecule has 90 valence electrons. The number of imidazole rings is 1. The molecule has 0 bridgehead atoms. The van der Waals surface area contributed by atoms with E-state index in [1.807, 2.05) is 0 Å². The number of hydrogen-bond donors (Lipinski definition) is 2. The molecule has 4 heteroatoms. The highest BCUT2D eigenvalue weighted by Gasteiger charge is 2.08. The van der Waals surface area contributed by atoms with Gasteiger partial charge in [-0.2, -0.15) is 0 Å². The molecule has 0 aliphatic carbocycles. The van der Waals surface area contributed by atoms with Crippen LogP contribution in [-0.2, 0) is 12.8 Å². The van der Waals surface area contributed by atoms with Crippen LogP contribution in [0.1, 0.15) is 18.2 Å². The van der Waals surface area contributed by atoms with Crippen LogP contribution in [0.15, 0.2) is 24.3 Å². The van der Waals surface area contributed by atoms with Gasteiger partial charge in [0.1, 0.15) is 5.82 Å². The third-order valence-corrected chi connectivity index (χ3v) is 3.07. The summed E-state index contributed by atoms with van der Waals surface area (Å²) < 4.78 is 0.